The summed E-state index contributed by atoms with van der Waals surface area (Å²) in [5.41, 5.74) is 8.97. The summed E-state index contributed by atoms with van der Waals surface area (Å²) >= 11 is 0. The maximum atomic E-state index is 5.66. The molecular formula is C14H16N4. The molecule has 4 heteroatoms. The Morgan fingerprint density at radius 1 is 1.33 bits per heavy atom. The molecule has 0 aliphatic heterocycles. The molecule has 0 bridgehead atoms. The van der Waals surface area contributed by atoms with E-state index in [9.17, 15) is 0 Å². The summed E-state index contributed by atoms with van der Waals surface area (Å²) in [4.78, 5) is 11.0. The fourth-order valence-corrected chi connectivity index (χ4v) is 2.13. The minimum absolute atomic E-state index is 0.254. The van der Waals surface area contributed by atoms with Gasteiger partial charge in [-0.05, 0) is 6.07 Å². The number of imidazole rings is 1. The number of aromatic amines is 2. The third-order valence-electron chi connectivity index (χ3n) is 3.30. The molecule has 0 fully saturated rings. The van der Waals surface area contributed by atoms with E-state index in [-0.39, 0.29) is 5.92 Å². The second-order valence-corrected chi connectivity index (χ2v) is 4.57. The van der Waals surface area contributed by atoms with Crippen LogP contribution in [-0.2, 0) is 0 Å². The molecule has 0 saturated heterocycles. The summed E-state index contributed by atoms with van der Waals surface area (Å²) in [5.74, 6) is 1.20. The van der Waals surface area contributed by atoms with Crippen LogP contribution in [-0.4, -0.2) is 21.5 Å². The van der Waals surface area contributed by atoms with Crippen molar-refractivity contribution in [3.05, 3.63) is 42.5 Å². The van der Waals surface area contributed by atoms with E-state index in [1.54, 1.807) is 0 Å². The Balaban J connectivity index is 2.07. The van der Waals surface area contributed by atoms with Gasteiger partial charge in [0, 0.05) is 35.1 Å². The van der Waals surface area contributed by atoms with E-state index in [1.807, 2.05) is 24.5 Å². The number of benzene rings is 1. The van der Waals surface area contributed by atoms with Crippen LogP contribution in [0.1, 0.15) is 18.7 Å². The number of nitrogens with two attached hydrogens (primary N) is 1. The molecule has 0 spiro atoms. The molecule has 4 nitrogen and oxygen atoms in total. The van der Waals surface area contributed by atoms with Gasteiger partial charge in [0.1, 0.15) is 5.82 Å². The summed E-state index contributed by atoms with van der Waals surface area (Å²) < 4.78 is 0. The zero-order chi connectivity index (χ0) is 12.5. The fourth-order valence-electron chi connectivity index (χ4n) is 2.13. The molecule has 4 N–H and O–H groups in total. The van der Waals surface area contributed by atoms with Gasteiger partial charge in [0.2, 0.25) is 0 Å². The average Bonchev–Trinajstić information content (AvgIpc) is 3.03. The lowest BCUT2D eigenvalue weighted by molar-refractivity contribution is 0.725. The van der Waals surface area contributed by atoms with Crippen molar-refractivity contribution in [1.29, 1.82) is 0 Å². The maximum absolute atomic E-state index is 5.66. The SMILES string of the molecule is CC(CN)c1ncc(-c2c[nH]c3ccccc23)[nH]1. The predicted molar refractivity (Wildman–Crippen MR) is 73.3 cm³/mol. The van der Waals surface area contributed by atoms with Gasteiger partial charge in [0.15, 0.2) is 0 Å². The number of aromatic nitrogens is 3. The molecule has 1 unspecified atom stereocenters. The van der Waals surface area contributed by atoms with E-state index in [1.165, 1.54) is 5.39 Å². The monoisotopic (exact) mass is 240 g/mol. The van der Waals surface area contributed by atoms with Crippen LogP contribution in [0.5, 0.6) is 0 Å². The van der Waals surface area contributed by atoms with Crippen LogP contribution in [0.3, 0.4) is 0 Å². The molecule has 3 rings (SSSR count). The van der Waals surface area contributed by atoms with Crippen molar-refractivity contribution < 1.29 is 0 Å². The third-order valence-corrected chi connectivity index (χ3v) is 3.30. The van der Waals surface area contributed by atoms with Crippen molar-refractivity contribution in [2.75, 3.05) is 6.54 Å². The molecule has 2 aromatic heterocycles. The highest BCUT2D eigenvalue weighted by Crippen LogP contribution is 2.27. The van der Waals surface area contributed by atoms with Gasteiger partial charge in [-0.1, -0.05) is 25.1 Å². The van der Waals surface area contributed by atoms with E-state index in [0.29, 0.717) is 6.54 Å². The Hall–Kier alpha value is -2.07. The maximum Gasteiger partial charge on any atom is 0.110 e. The second-order valence-electron chi connectivity index (χ2n) is 4.57. The standard InChI is InChI=1S/C14H16N4/c1-9(6-15)14-17-8-13(18-14)11-7-16-12-5-3-2-4-10(11)12/h2-5,7-9,16H,6,15H2,1H3,(H,17,18). The molecule has 0 saturated carbocycles. The number of rotatable bonds is 3. The molecule has 18 heavy (non-hydrogen) atoms. The van der Waals surface area contributed by atoms with Crippen LogP contribution < -0.4 is 5.73 Å². The molecule has 0 amide bonds. The number of para-hydroxylation sites is 1. The summed E-state index contributed by atoms with van der Waals surface area (Å²) in [6.07, 6.45) is 3.88. The number of H-pyrrole nitrogens is 2. The number of hydrogen-bond acceptors (Lipinski definition) is 2. The Morgan fingerprint density at radius 2 is 2.17 bits per heavy atom. The van der Waals surface area contributed by atoms with Gasteiger partial charge in [-0.25, -0.2) is 4.98 Å². The lowest BCUT2D eigenvalue weighted by atomic mass is 10.1. The zero-order valence-electron chi connectivity index (χ0n) is 10.3. The molecule has 2 heterocycles. The smallest absolute Gasteiger partial charge is 0.110 e. The van der Waals surface area contributed by atoms with Crippen molar-refractivity contribution in [2.45, 2.75) is 12.8 Å². The quantitative estimate of drug-likeness (QED) is 0.658. The van der Waals surface area contributed by atoms with Crippen LogP contribution in [0, 0.1) is 0 Å². The van der Waals surface area contributed by atoms with Crippen LogP contribution in [0.2, 0.25) is 0 Å². The van der Waals surface area contributed by atoms with E-state index >= 15 is 0 Å². The number of fused-ring (bicyclic) bond motifs is 1. The van der Waals surface area contributed by atoms with Crippen LogP contribution >= 0.6 is 0 Å². The molecule has 3 aromatic rings. The van der Waals surface area contributed by atoms with Gasteiger partial charge in [-0.3, -0.25) is 0 Å². The summed E-state index contributed by atoms with van der Waals surface area (Å²) in [5, 5.41) is 1.20. The summed E-state index contributed by atoms with van der Waals surface area (Å²) in [6, 6.07) is 8.24. The molecular weight excluding hydrogens is 224 g/mol. The normalized spacial score (nSPS) is 13.0. The number of nitrogens with zero attached hydrogens (tertiary/aromatic N) is 1. The Morgan fingerprint density at radius 3 is 3.00 bits per heavy atom. The van der Waals surface area contributed by atoms with E-state index in [4.69, 9.17) is 5.73 Å². The molecule has 1 aromatic carbocycles. The van der Waals surface area contributed by atoms with Crippen molar-refractivity contribution in [1.82, 2.24) is 15.0 Å². The lowest BCUT2D eigenvalue weighted by Gasteiger charge is -2.02. The Kier molecular flexibility index (Phi) is 2.64. The van der Waals surface area contributed by atoms with Gasteiger partial charge < -0.3 is 15.7 Å². The fraction of sp³-hybridized carbons (Fsp3) is 0.214. The first-order valence-corrected chi connectivity index (χ1v) is 6.11. The van der Waals surface area contributed by atoms with Gasteiger partial charge in [-0.2, -0.15) is 0 Å². The predicted octanol–water partition coefficient (Wildman–Crippen LogP) is 2.62. The Labute approximate surface area is 105 Å². The molecule has 0 aliphatic rings. The highest BCUT2D eigenvalue weighted by atomic mass is 14.9. The first kappa shape index (κ1) is 11.0. The topological polar surface area (TPSA) is 70.5 Å². The van der Waals surface area contributed by atoms with Crippen LogP contribution in [0.15, 0.2) is 36.7 Å². The first-order chi connectivity index (χ1) is 8.79. The number of nitrogens with one attached hydrogen (secondary N) is 2. The highest BCUT2D eigenvalue weighted by Gasteiger charge is 2.11. The molecule has 1 atom stereocenters. The highest BCUT2D eigenvalue weighted by molar-refractivity contribution is 5.94. The summed E-state index contributed by atoms with van der Waals surface area (Å²) in [6.45, 7) is 2.67. The van der Waals surface area contributed by atoms with E-state index in [0.717, 1.165) is 22.6 Å². The van der Waals surface area contributed by atoms with Gasteiger partial charge in [0.05, 0.1) is 11.9 Å². The van der Waals surface area contributed by atoms with E-state index in [2.05, 4.69) is 34.0 Å². The van der Waals surface area contributed by atoms with Crippen molar-refractivity contribution in [3.63, 3.8) is 0 Å². The van der Waals surface area contributed by atoms with Gasteiger partial charge in [0.25, 0.3) is 0 Å². The molecule has 0 radical (unpaired) electrons. The van der Waals surface area contributed by atoms with E-state index < -0.39 is 0 Å². The minimum atomic E-state index is 0.254. The molecule has 92 valence electrons. The largest absolute Gasteiger partial charge is 0.360 e. The van der Waals surface area contributed by atoms with Crippen molar-refractivity contribution >= 4 is 10.9 Å². The first-order valence-electron chi connectivity index (χ1n) is 6.11. The van der Waals surface area contributed by atoms with Crippen molar-refractivity contribution in [2.24, 2.45) is 5.73 Å². The Bertz CT molecular complexity index is 665. The van der Waals surface area contributed by atoms with Crippen molar-refractivity contribution in [3.8, 4) is 11.3 Å². The third kappa shape index (κ3) is 1.71. The zero-order valence-corrected chi connectivity index (χ0v) is 10.3. The van der Waals surface area contributed by atoms with Gasteiger partial charge >= 0.3 is 0 Å². The van der Waals surface area contributed by atoms with Gasteiger partial charge in [-0.15, -0.1) is 0 Å². The number of hydrogen-bond donors (Lipinski definition) is 3. The second kappa shape index (κ2) is 4.31. The average molecular weight is 240 g/mol. The summed E-state index contributed by atoms with van der Waals surface area (Å²) in [7, 11) is 0. The minimum Gasteiger partial charge on any atom is -0.360 e. The lowest BCUT2D eigenvalue weighted by Crippen LogP contribution is -2.10. The van der Waals surface area contributed by atoms with Crippen LogP contribution in [0.4, 0.5) is 0 Å². The molecule has 0 aliphatic carbocycles. The van der Waals surface area contributed by atoms with Crippen LogP contribution in [0.25, 0.3) is 22.2 Å².